The lowest BCUT2D eigenvalue weighted by atomic mass is 10.00. The summed E-state index contributed by atoms with van der Waals surface area (Å²) >= 11 is 0. The van der Waals surface area contributed by atoms with Gasteiger partial charge in [0.2, 0.25) is 0 Å². The van der Waals surface area contributed by atoms with Gasteiger partial charge < -0.3 is 5.11 Å². The number of rotatable bonds is 5. The molecule has 2 atom stereocenters. The van der Waals surface area contributed by atoms with Crippen LogP contribution in [0.2, 0.25) is 0 Å². The zero-order valence-electron chi connectivity index (χ0n) is 9.91. The highest BCUT2D eigenvalue weighted by Gasteiger charge is 2.23. The summed E-state index contributed by atoms with van der Waals surface area (Å²) in [5.41, 5.74) is 0. The van der Waals surface area contributed by atoms with Crippen LogP contribution in [0.4, 0.5) is 0 Å². The Hall–Kier alpha value is -0.0800. The number of aliphatic hydroxyl groups excluding tert-OH is 1. The molecule has 13 heavy (non-hydrogen) atoms. The third kappa shape index (κ3) is 3.65. The molecule has 0 unspecified atom stereocenters. The van der Waals surface area contributed by atoms with Gasteiger partial charge in [-0.05, 0) is 40.5 Å². The van der Waals surface area contributed by atoms with E-state index < -0.39 is 0 Å². The Kier molecular flexibility index (Phi) is 5.57. The Morgan fingerprint density at radius 3 is 1.54 bits per heavy atom. The van der Waals surface area contributed by atoms with Crippen molar-refractivity contribution < 1.29 is 5.11 Å². The van der Waals surface area contributed by atoms with Crippen molar-refractivity contribution in [3.8, 4) is 0 Å². The Labute approximate surface area is 82.9 Å². The largest absolute Gasteiger partial charge is 0.396 e. The molecule has 2 nitrogen and oxygen atoms in total. The first-order chi connectivity index (χ1) is 5.91. The minimum absolute atomic E-state index is 0.275. The summed E-state index contributed by atoms with van der Waals surface area (Å²) in [5, 5.41) is 9.09. The van der Waals surface area contributed by atoms with Crippen LogP contribution in [0.1, 0.15) is 41.5 Å². The highest BCUT2D eigenvalue weighted by Crippen LogP contribution is 2.16. The molecule has 80 valence electrons. The van der Waals surface area contributed by atoms with E-state index in [1.807, 2.05) is 0 Å². The molecule has 0 amide bonds. The van der Waals surface area contributed by atoms with Crippen LogP contribution < -0.4 is 0 Å². The second-order valence-electron chi connectivity index (χ2n) is 4.54. The van der Waals surface area contributed by atoms with Crippen LogP contribution >= 0.6 is 0 Å². The van der Waals surface area contributed by atoms with Crippen LogP contribution in [0.5, 0.6) is 0 Å². The van der Waals surface area contributed by atoms with Crippen molar-refractivity contribution in [2.24, 2.45) is 5.92 Å². The Morgan fingerprint density at radius 2 is 1.31 bits per heavy atom. The van der Waals surface area contributed by atoms with Crippen molar-refractivity contribution >= 4 is 0 Å². The van der Waals surface area contributed by atoms with Crippen LogP contribution in [-0.4, -0.2) is 34.7 Å². The second kappa shape index (κ2) is 5.61. The Morgan fingerprint density at radius 1 is 0.923 bits per heavy atom. The predicted molar refractivity (Wildman–Crippen MR) is 57.8 cm³/mol. The van der Waals surface area contributed by atoms with Crippen molar-refractivity contribution in [1.29, 1.82) is 0 Å². The molecule has 0 aliphatic carbocycles. The number of aliphatic hydroxyl groups is 1. The van der Waals surface area contributed by atoms with E-state index in [-0.39, 0.29) is 6.61 Å². The lowest BCUT2D eigenvalue weighted by Gasteiger charge is -2.38. The fraction of sp³-hybridized carbons (Fsp3) is 1.00. The minimum Gasteiger partial charge on any atom is -0.396 e. The van der Waals surface area contributed by atoms with E-state index in [2.05, 4.69) is 46.4 Å². The van der Waals surface area contributed by atoms with Gasteiger partial charge in [0, 0.05) is 24.7 Å². The summed E-state index contributed by atoms with van der Waals surface area (Å²) in [5.74, 6) is 0.352. The molecule has 0 aromatic carbocycles. The molecular formula is C11H25NO. The fourth-order valence-corrected chi connectivity index (χ4v) is 1.98. The summed E-state index contributed by atoms with van der Waals surface area (Å²) in [4.78, 5) is 2.45. The highest BCUT2D eigenvalue weighted by atomic mass is 16.3. The summed E-state index contributed by atoms with van der Waals surface area (Å²) in [6.07, 6.45) is 0. The molecule has 0 heterocycles. The SMILES string of the molecule is CC(C)N(C(C)C)[C@@H](C)[C@@H](C)CO. The first-order valence-corrected chi connectivity index (χ1v) is 5.30. The molecule has 2 heteroatoms. The molecule has 0 aliphatic heterocycles. The van der Waals surface area contributed by atoms with Gasteiger partial charge in [-0.25, -0.2) is 0 Å². The summed E-state index contributed by atoms with van der Waals surface area (Å²) in [6, 6.07) is 1.54. The molecule has 1 N–H and O–H groups in total. The topological polar surface area (TPSA) is 23.5 Å². The predicted octanol–water partition coefficient (Wildman–Crippen LogP) is 2.12. The van der Waals surface area contributed by atoms with Crippen LogP contribution in [0.25, 0.3) is 0 Å². The zero-order chi connectivity index (χ0) is 10.6. The molecular weight excluding hydrogens is 162 g/mol. The molecule has 0 saturated carbocycles. The molecule has 0 aliphatic rings. The average molecular weight is 187 g/mol. The first kappa shape index (κ1) is 12.9. The van der Waals surface area contributed by atoms with Crippen molar-refractivity contribution in [2.75, 3.05) is 6.61 Å². The van der Waals surface area contributed by atoms with Gasteiger partial charge in [0.15, 0.2) is 0 Å². The fourth-order valence-electron chi connectivity index (χ4n) is 1.98. The third-order valence-corrected chi connectivity index (χ3v) is 2.77. The maximum absolute atomic E-state index is 9.09. The third-order valence-electron chi connectivity index (χ3n) is 2.77. The van der Waals surface area contributed by atoms with Gasteiger partial charge in [0.05, 0.1) is 0 Å². The average Bonchev–Trinajstić information content (AvgIpc) is 2.01. The van der Waals surface area contributed by atoms with Gasteiger partial charge in [0.25, 0.3) is 0 Å². The smallest absolute Gasteiger partial charge is 0.0471 e. The number of nitrogens with zero attached hydrogens (tertiary/aromatic N) is 1. The summed E-state index contributed by atoms with van der Waals surface area (Å²) < 4.78 is 0. The van der Waals surface area contributed by atoms with E-state index in [1.165, 1.54) is 0 Å². The lowest BCUT2D eigenvalue weighted by Crippen LogP contribution is -2.47. The quantitative estimate of drug-likeness (QED) is 0.712. The van der Waals surface area contributed by atoms with Crippen LogP contribution in [0.3, 0.4) is 0 Å². The van der Waals surface area contributed by atoms with Crippen molar-refractivity contribution in [1.82, 2.24) is 4.90 Å². The molecule has 0 bridgehead atoms. The van der Waals surface area contributed by atoms with Gasteiger partial charge in [-0.2, -0.15) is 0 Å². The Balaban J connectivity index is 4.36. The van der Waals surface area contributed by atoms with E-state index in [1.54, 1.807) is 0 Å². The summed E-state index contributed by atoms with van der Waals surface area (Å²) in [6.45, 7) is 13.4. The van der Waals surface area contributed by atoms with Crippen LogP contribution in [0, 0.1) is 5.92 Å². The number of hydrogen-bond acceptors (Lipinski definition) is 2. The van der Waals surface area contributed by atoms with E-state index in [9.17, 15) is 0 Å². The number of hydrogen-bond donors (Lipinski definition) is 1. The van der Waals surface area contributed by atoms with E-state index in [0.29, 0.717) is 24.0 Å². The van der Waals surface area contributed by atoms with E-state index in [4.69, 9.17) is 5.11 Å². The molecule has 0 spiro atoms. The van der Waals surface area contributed by atoms with Gasteiger partial charge >= 0.3 is 0 Å². The van der Waals surface area contributed by atoms with Gasteiger partial charge in [-0.1, -0.05) is 6.92 Å². The monoisotopic (exact) mass is 187 g/mol. The van der Waals surface area contributed by atoms with Crippen molar-refractivity contribution in [2.45, 2.75) is 59.7 Å². The molecule has 0 aromatic heterocycles. The molecule has 0 aromatic rings. The first-order valence-electron chi connectivity index (χ1n) is 5.30. The van der Waals surface area contributed by atoms with Crippen LogP contribution in [-0.2, 0) is 0 Å². The maximum Gasteiger partial charge on any atom is 0.0471 e. The minimum atomic E-state index is 0.275. The molecule has 0 rings (SSSR count). The van der Waals surface area contributed by atoms with Crippen molar-refractivity contribution in [3.05, 3.63) is 0 Å². The molecule has 0 radical (unpaired) electrons. The molecule has 0 saturated heterocycles. The van der Waals surface area contributed by atoms with Crippen molar-refractivity contribution in [3.63, 3.8) is 0 Å². The van der Waals surface area contributed by atoms with E-state index >= 15 is 0 Å². The molecule has 0 fully saturated rings. The van der Waals surface area contributed by atoms with Gasteiger partial charge in [0.1, 0.15) is 0 Å². The zero-order valence-corrected chi connectivity index (χ0v) is 9.91. The van der Waals surface area contributed by atoms with Crippen LogP contribution in [0.15, 0.2) is 0 Å². The second-order valence-corrected chi connectivity index (χ2v) is 4.54. The van der Waals surface area contributed by atoms with E-state index in [0.717, 1.165) is 0 Å². The lowest BCUT2D eigenvalue weighted by molar-refractivity contribution is 0.0653. The van der Waals surface area contributed by atoms with Gasteiger partial charge in [-0.15, -0.1) is 0 Å². The van der Waals surface area contributed by atoms with Gasteiger partial charge in [-0.3, -0.25) is 4.90 Å². The highest BCUT2D eigenvalue weighted by molar-refractivity contribution is 4.77. The normalized spacial score (nSPS) is 17.1. The summed E-state index contributed by atoms with van der Waals surface area (Å²) in [7, 11) is 0. The Bertz CT molecular complexity index is 126. The standard InChI is InChI=1S/C11H25NO/c1-8(2)12(9(3)4)11(6)10(5)7-13/h8-11,13H,7H2,1-6H3/t10-,11-/m0/s1. The maximum atomic E-state index is 9.09.